The molecule has 0 aromatic heterocycles. The Morgan fingerprint density at radius 1 is 0.914 bits per heavy atom. The first-order valence-corrected chi connectivity index (χ1v) is 11.7. The Hall–Kier alpha value is -3.88. The van der Waals surface area contributed by atoms with Crippen molar-refractivity contribution in [3.8, 4) is 0 Å². The number of piperazine rings is 1. The Bertz CT molecular complexity index is 1140. The second-order valence-corrected chi connectivity index (χ2v) is 8.80. The fourth-order valence-corrected chi connectivity index (χ4v) is 4.53. The molecule has 0 spiro atoms. The molecule has 2 aliphatic rings. The lowest BCUT2D eigenvalue weighted by molar-refractivity contribution is -0.139. The number of benzene rings is 2. The molecule has 1 atom stereocenters. The number of rotatable bonds is 5. The number of carbonyl (C=O) groups is 4. The van der Waals surface area contributed by atoms with Crippen molar-refractivity contribution in [2.24, 2.45) is 0 Å². The third kappa shape index (κ3) is 4.45. The normalized spacial score (nSPS) is 20.1. The Balaban J connectivity index is 1.56. The van der Waals surface area contributed by atoms with Gasteiger partial charge in [-0.25, -0.2) is 9.59 Å². The van der Waals surface area contributed by atoms with Crippen molar-refractivity contribution in [3.05, 3.63) is 70.8 Å². The van der Waals surface area contributed by atoms with Crippen molar-refractivity contribution < 1.29 is 23.9 Å². The van der Waals surface area contributed by atoms with E-state index in [1.165, 1.54) is 0 Å². The van der Waals surface area contributed by atoms with Crippen LogP contribution in [0.4, 0.5) is 9.59 Å². The van der Waals surface area contributed by atoms with E-state index in [1.54, 1.807) is 28.9 Å². The van der Waals surface area contributed by atoms with Crippen LogP contribution in [0.2, 0.25) is 0 Å². The predicted molar refractivity (Wildman–Crippen MR) is 129 cm³/mol. The van der Waals surface area contributed by atoms with Crippen LogP contribution in [0, 0.1) is 13.8 Å². The summed E-state index contributed by atoms with van der Waals surface area (Å²) in [6.45, 7) is 6.87. The molecule has 2 saturated heterocycles. The molecule has 2 fully saturated rings. The summed E-state index contributed by atoms with van der Waals surface area (Å²) in [4.78, 5) is 56.0. The third-order valence-corrected chi connectivity index (χ3v) is 6.70. The monoisotopic (exact) mass is 478 g/mol. The summed E-state index contributed by atoms with van der Waals surface area (Å²) in [6, 6.07) is 14.1. The Morgan fingerprint density at radius 3 is 2.20 bits per heavy atom. The van der Waals surface area contributed by atoms with Gasteiger partial charge in [-0.1, -0.05) is 48.5 Å². The molecule has 0 radical (unpaired) electrons. The summed E-state index contributed by atoms with van der Waals surface area (Å²) in [5, 5.41) is 2.89. The summed E-state index contributed by atoms with van der Waals surface area (Å²) in [6.07, 6.45) is -0.408. The van der Waals surface area contributed by atoms with E-state index in [1.807, 2.05) is 50.2 Å². The van der Waals surface area contributed by atoms with Crippen molar-refractivity contribution in [2.45, 2.75) is 26.3 Å². The summed E-state index contributed by atoms with van der Waals surface area (Å²) >= 11 is 0. The van der Waals surface area contributed by atoms with Gasteiger partial charge in [0, 0.05) is 26.2 Å². The minimum Gasteiger partial charge on any atom is -0.450 e. The molecule has 4 rings (SSSR count). The lowest BCUT2D eigenvalue weighted by atomic mass is 9.81. The van der Waals surface area contributed by atoms with Crippen LogP contribution in [-0.2, 0) is 19.9 Å². The highest BCUT2D eigenvalue weighted by molar-refractivity contribution is 6.11. The van der Waals surface area contributed by atoms with Gasteiger partial charge in [0.05, 0.1) is 6.61 Å². The van der Waals surface area contributed by atoms with Crippen LogP contribution in [0.15, 0.2) is 48.5 Å². The van der Waals surface area contributed by atoms with E-state index in [-0.39, 0.29) is 19.1 Å². The van der Waals surface area contributed by atoms with Gasteiger partial charge in [-0.3, -0.25) is 14.5 Å². The van der Waals surface area contributed by atoms with Gasteiger partial charge >= 0.3 is 12.1 Å². The molecule has 1 unspecified atom stereocenters. The van der Waals surface area contributed by atoms with E-state index >= 15 is 0 Å². The molecule has 0 saturated carbocycles. The summed E-state index contributed by atoms with van der Waals surface area (Å²) in [5.74, 6) is -0.837. The van der Waals surface area contributed by atoms with Gasteiger partial charge in [0.1, 0.15) is 6.54 Å². The number of nitrogens with one attached hydrogen (secondary N) is 1. The Labute approximate surface area is 204 Å². The molecule has 9 nitrogen and oxygen atoms in total. The van der Waals surface area contributed by atoms with E-state index in [4.69, 9.17) is 4.74 Å². The van der Waals surface area contributed by atoms with E-state index in [0.29, 0.717) is 37.3 Å². The highest BCUT2D eigenvalue weighted by Crippen LogP contribution is 2.36. The first kappa shape index (κ1) is 24.3. The third-order valence-electron chi connectivity index (χ3n) is 6.70. The van der Waals surface area contributed by atoms with E-state index < -0.39 is 23.6 Å². The van der Waals surface area contributed by atoms with Crippen LogP contribution in [0.5, 0.6) is 0 Å². The zero-order chi connectivity index (χ0) is 25.2. The molecule has 184 valence electrons. The average molecular weight is 479 g/mol. The van der Waals surface area contributed by atoms with Crippen LogP contribution >= 0.6 is 0 Å². The van der Waals surface area contributed by atoms with E-state index in [0.717, 1.165) is 16.0 Å². The average Bonchev–Trinajstić information content (AvgIpc) is 3.12. The summed E-state index contributed by atoms with van der Waals surface area (Å²) in [7, 11) is 0. The van der Waals surface area contributed by atoms with E-state index in [2.05, 4.69) is 5.32 Å². The predicted octanol–water partition coefficient (Wildman–Crippen LogP) is 2.40. The molecule has 2 aliphatic heterocycles. The van der Waals surface area contributed by atoms with E-state index in [9.17, 15) is 19.2 Å². The molecule has 9 heteroatoms. The molecular weight excluding hydrogens is 448 g/mol. The second kappa shape index (κ2) is 9.77. The Kier molecular flexibility index (Phi) is 6.77. The SMILES string of the molecule is CCOC(=O)N1CCN(C(=O)CN2C(=O)NC(c3ccccc3)(c3ccc(C)c(C)c3)C2=O)CC1. The van der Waals surface area contributed by atoms with Crippen molar-refractivity contribution >= 4 is 23.9 Å². The van der Waals surface area contributed by atoms with Crippen LogP contribution < -0.4 is 5.32 Å². The van der Waals surface area contributed by atoms with Crippen LogP contribution in [0.25, 0.3) is 0 Å². The van der Waals surface area contributed by atoms with Gasteiger partial charge in [-0.15, -0.1) is 0 Å². The number of hydrogen-bond acceptors (Lipinski definition) is 5. The number of carbonyl (C=O) groups excluding carboxylic acids is 4. The number of urea groups is 1. The minimum atomic E-state index is -1.42. The minimum absolute atomic E-state index is 0.286. The molecule has 2 aromatic rings. The van der Waals surface area contributed by atoms with Gasteiger partial charge in [-0.2, -0.15) is 0 Å². The number of aryl methyl sites for hydroxylation is 2. The van der Waals surface area contributed by atoms with Gasteiger partial charge in [0.15, 0.2) is 5.54 Å². The van der Waals surface area contributed by atoms with Crippen LogP contribution in [0.3, 0.4) is 0 Å². The highest BCUT2D eigenvalue weighted by atomic mass is 16.6. The quantitative estimate of drug-likeness (QED) is 0.666. The standard InChI is InChI=1S/C26H30N4O5/c1-4-35-25(34)29-14-12-28(13-15-29)22(31)17-30-23(32)26(27-24(30)33,20-8-6-5-7-9-20)21-11-10-18(2)19(3)16-21/h5-11,16H,4,12-15,17H2,1-3H3,(H,27,33). The molecule has 1 N–H and O–H groups in total. The largest absolute Gasteiger partial charge is 0.450 e. The molecule has 2 heterocycles. The fourth-order valence-electron chi connectivity index (χ4n) is 4.53. The molecule has 2 aromatic carbocycles. The highest BCUT2D eigenvalue weighted by Gasteiger charge is 2.54. The number of amides is 5. The van der Waals surface area contributed by atoms with Crippen molar-refractivity contribution in [1.29, 1.82) is 0 Å². The lowest BCUT2D eigenvalue weighted by Crippen LogP contribution is -2.53. The summed E-state index contributed by atoms with van der Waals surface area (Å²) in [5.41, 5.74) is 1.92. The number of imide groups is 1. The van der Waals surface area contributed by atoms with Crippen molar-refractivity contribution in [3.63, 3.8) is 0 Å². The first-order valence-electron chi connectivity index (χ1n) is 11.7. The number of hydrogen-bond donors (Lipinski definition) is 1. The molecule has 0 bridgehead atoms. The maximum absolute atomic E-state index is 13.9. The topological polar surface area (TPSA) is 99.3 Å². The lowest BCUT2D eigenvalue weighted by Gasteiger charge is -2.34. The van der Waals surface area contributed by atoms with Crippen molar-refractivity contribution in [1.82, 2.24) is 20.0 Å². The van der Waals surface area contributed by atoms with Gasteiger partial charge < -0.3 is 19.9 Å². The molecule has 0 aliphatic carbocycles. The Morgan fingerprint density at radius 2 is 1.57 bits per heavy atom. The summed E-state index contributed by atoms with van der Waals surface area (Å²) < 4.78 is 5.01. The van der Waals surface area contributed by atoms with Crippen LogP contribution in [-0.4, -0.2) is 78.0 Å². The molecular formula is C26H30N4O5. The maximum Gasteiger partial charge on any atom is 0.409 e. The molecule has 5 amide bonds. The first-order chi connectivity index (χ1) is 16.8. The van der Waals surface area contributed by atoms with Gasteiger partial charge in [0.2, 0.25) is 5.91 Å². The second-order valence-electron chi connectivity index (χ2n) is 8.80. The molecule has 35 heavy (non-hydrogen) atoms. The number of nitrogens with zero attached hydrogens (tertiary/aromatic N) is 3. The van der Waals surface area contributed by atoms with Gasteiger partial charge in [-0.05, 0) is 43.0 Å². The smallest absolute Gasteiger partial charge is 0.409 e. The van der Waals surface area contributed by atoms with Crippen molar-refractivity contribution in [2.75, 3.05) is 39.3 Å². The van der Waals surface area contributed by atoms with Crippen LogP contribution in [0.1, 0.15) is 29.2 Å². The maximum atomic E-state index is 13.9. The van der Waals surface area contributed by atoms with Gasteiger partial charge in [0.25, 0.3) is 5.91 Å². The fraction of sp³-hybridized carbons (Fsp3) is 0.385. The zero-order valence-corrected chi connectivity index (χ0v) is 20.2. The zero-order valence-electron chi connectivity index (χ0n) is 20.2. The number of ether oxygens (including phenoxy) is 1.